The van der Waals surface area contributed by atoms with Crippen LogP contribution in [0.4, 0.5) is 5.69 Å². The van der Waals surface area contributed by atoms with E-state index < -0.39 is 15.8 Å². The highest BCUT2D eigenvalue weighted by Gasteiger charge is 2.36. The molecular weight excluding hydrogens is 250 g/mol. The zero-order valence-corrected chi connectivity index (χ0v) is 10.7. The molecule has 0 amide bonds. The molecule has 0 aliphatic heterocycles. The van der Waals surface area contributed by atoms with Crippen molar-refractivity contribution >= 4 is 15.7 Å². The van der Waals surface area contributed by atoms with Crippen molar-refractivity contribution in [2.45, 2.75) is 25.4 Å². The van der Waals surface area contributed by atoms with Gasteiger partial charge in [0, 0.05) is 18.3 Å². The largest absolute Gasteiger partial charge is 0.399 e. The Balaban J connectivity index is 2.17. The average Bonchev–Trinajstić information content (AvgIpc) is 3.12. The van der Waals surface area contributed by atoms with Crippen LogP contribution < -0.4 is 5.73 Å². The van der Waals surface area contributed by atoms with Crippen molar-refractivity contribution in [1.29, 1.82) is 5.26 Å². The van der Waals surface area contributed by atoms with Gasteiger partial charge in [0.2, 0.25) is 10.0 Å². The Hall–Kier alpha value is -1.58. The molecule has 0 spiro atoms. The number of nitrogens with zero attached hydrogens (tertiary/aromatic N) is 2. The predicted octanol–water partition coefficient (Wildman–Crippen LogP) is 1.09. The molecule has 1 aliphatic carbocycles. The van der Waals surface area contributed by atoms with E-state index in [0.29, 0.717) is 12.2 Å². The van der Waals surface area contributed by atoms with Gasteiger partial charge >= 0.3 is 0 Å². The molecule has 0 unspecified atom stereocenters. The van der Waals surface area contributed by atoms with E-state index in [-0.39, 0.29) is 6.04 Å². The Morgan fingerprint density at radius 2 is 1.94 bits per heavy atom. The molecule has 1 fully saturated rings. The summed E-state index contributed by atoms with van der Waals surface area (Å²) < 4.78 is 25.4. The van der Waals surface area contributed by atoms with Crippen molar-refractivity contribution in [1.82, 2.24) is 4.31 Å². The van der Waals surface area contributed by atoms with Crippen LogP contribution >= 0.6 is 0 Å². The van der Waals surface area contributed by atoms with E-state index in [2.05, 4.69) is 0 Å². The summed E-state index contributed by atoms with van der Waals surface area (Å²) in [6, 6.07) is 8.89. The first-order valence-corrected chi connectivity index (χ1v) is 7.35. The van der Waals surface area contributed by atoms with Crippen molar-refractivity contribution in [3.05, 3.63) is 29.8 Å². The first-order valence-electron chi connectivity index (χ1n) is 5.74. The lowest BCUT2D eigenvalue weighted by Crippen LogP contribution is -2.34. The minimum Gasteiger partial charge on any atom is -0.399 e. The third-order valence-corrected chi connectivity index (χ3v) is 4.51. The van der Waals surface area contributed by atoms with Crippen LogP contribution in [0.25, 0.3) is 0 Å². The molecule has 6 heteroatoms. The van der Waals surface area contributed by atoms with Gasteiger partial charge in [-0.1, -0.05) is 12.1 Å². The molecule has 2 N–H and O–H groups in total. The highest BCUT2D eigenvalue weighted by Crippen LogP contribution is 2.31. The Kier molecular flexibility index (Phi) is 3.55. The fourth-order valence-corrected chi connectivity index (χ4v) is 3.12. The number of hydrogen-bond donors (Lipinski definition) is 1. The second kappa shape index (κ2) is 4.96. The molecule has 1 saturated carbocycles. The third-order valence-electron chi connectivity index (χ3n) is 2.88. The van der Waals surface area contributed by atoms with Crippen LogP contribution in [0, 0.1) is 11.3 Å². The first kappa shape index (κ1) is 12.9. The lowest BCUT2D eigenvalue weighted by Gasteiger charge is -2.20. The van der Waals surface area contributed by atoms with Gasteiger partial charge in [-0.05, 0) is 30.5 Å². The van der Waals surface area contributed by atoms with Crippen LogP contribution in [-0.2, 0) is 16.6 Å². The number of sulfonamides is 1. The van der Waals surface area contributed by atoms with Crippen molar-refractivity contribution in [3.8, 4) is 6.07 Å². The van der Waals surface area contributed by atoms with Crippen LogP contribution in [0.15, 0.2) is 24.3 Å². The second-order valence-corrected chi connectivity index (χ2v) is 6.35. The van der Waals surface area contributed by atoms with E-state index in [9.17, 15) is 8.42 Å². The van der Waals surface area contributed by atoms with Crippen molar-refractivity contribution in [2.75, 3.05) is 11.5 Å². The molecule has 0 bridgehead atoms. The van der Waals surface area contributed by atoms with Crippen LogP contribution in [0.1, 0.15) is 18.4 Å². The Morgan fingerprint density at radius 3 is 2.44 bits per heavy atom. The molecule has 2 rings (SSSR count). The maximum atomic E-state index is 12.0. The quantitative estimate of drug-likeness (QED) is 0.807. The molecule has 96 valence electrons. The zero-order valence-electron chi connectivity index (χ0n) is 9.91. The standard InChI is InChI=1S/C12H15N3O2S/c13-7-8-18(16,17)15(12-5-6-12)9-10-1-3-11(14)4-2-10/h1-4,12H,5-6,8-9,14H2. The number of hydrogen-bond acceptors (Lipinski definition) is 4. The van der Waals surface area contributed by atoms with Gasteiger partial charge < -0.3 is 5.73 Å². The number of nitriles is 1. The normalized spacial score (nSPS) is 15.6. The number of benzene rings is 1. The highest BCUT2D eigenvalue weighted by atomic mass is 32.2. The summed E-state index contributed by atoms with van der Waals surface area (Å²) in [5.41, 5.74) is 7.12. The van der Waals surface area contributed by atoms with Crippen LogP contribution in [0.5, 0.6) is 0 Å². The Labute approximate surface area is 107 Å². The minimum atomic E-state index is -3.48. The van der Waals surface area contributed by atoms with Gasteiger partial charge in [0.1, 0.15) is 0 Å². The topological polar surface area (TPSA) is 87.2 Å². The van der Waals surface area contributed by atoms with Crippen LogP contribution in [-0.4, -0.2) is 24.5 Å². The maximum Gasteiger partial charge on any atom is 0.228 e. The fourth-order valence-electron chi connectivity index (χ4n) is 1.78. The molecule has 0 heterocycles. The number of nitrogen functional groups attached to an aromatic ring is 1. The Morgan fingerprint density at radius 1 is 1.33 bits per heavy atom. The van der Waals surface area contributed by atoms with Gasteiger partial charge in [0.15, 0.2) is 5.75 Å². The van der Waals surface area contributed by atoms with E-state index >= 15 is 0 Å². The van der Waals surface area contributed by atoms with E-state index in [4.69, 9.17) is 11.0 Å². The molecule has 0 saturated heterocycles. The Bertz CT molecular complexity index is 556. The van der Waals surface area contributed by atoms with Crippen LogP contribution in [0.2, 0.25) is 0 Å². The van der Waals surface area contributed by atoms with Gasteiger partial charge in [-0.25, -0.2) is 8.42 Å². The summed E-state index contributed by atoms with van der Waals surface area (Å²) in [5, 5.41) is 8.58. The second-order valence-electron chi connectivity index (χ2n) is 4.43. The molecular formula is C12H15N3O2S. The summed E-state index contributed by atoms with van der Waals surface area (Å²) in [5.74, 6) is -0.460. The summed E-state index contributed by atoms with van der Waals surface area (Å²) in [6.07, 6.45) is 1.75. The molecule has 1 aromatic rings. The minimum absolute atomic E-state index is 0.0564. The van der Waals surface area contributed by atoms with Crippen LogP contribution in [0.3, 0.4) is 0 Å². The zero-order chi connectivity index (χ0) is 13.2. The predicted molar refractivity (Wildman–Crippen MR) is 68.8 cm³/mol. The molecule has 1 aliphatic rings. The van der Waals surface area contributed by atoms with E-state index in [1.807, 2.05) is 12.1 Å². The molecule has 0 radical (unpaired) electrons. The van der Waals surface area contributed by atoms with Crippen molar-refractivity contribution < 1.29 is 8.42 Å². The molecule has 18 heavy (non-hydrogen) atoms. The number of nitrogens with two attached hydrogens (primary N) is 1. The fraction of sp³-hybridized carbons (Fsp3) is 0.417. The van der Waals surface area contributed by atoms with Gasteiger partial charge in [0.25, 0.3) is 0 Å². The first-order chi connectivity index (χ1) is 8.53. The smallest absolute Gasteiger partial charge is 0.228 e. The van der Waals surface area contributed by atoms with E-state index in [0.717, 1.165) is 18.4 Å². The maximum absolute atomic E-state index is 12.0. The SMILES string of the molecule is N#CCS(=O)(=O)N(Cc1ccc(N)cc1)C1CC1. The third kappa shape index (κ3) is 3.00. The summed E-state index contributed by atoms with van der Waals surface area (Å²) in [7, 11) is -3.48. The van der Waals surface area contributed by atoms with Crippen molar-refractivity contribution in [3.63, 3.8) is 0 Å². The van der Waals surface area contributed by atoms with E-state index in [1.165, 1.54) is 4.31 Å². The average molecular weight is 265 g/mol. The van der Waals surface area contributed by atoms with Gasteiger partial charge in [-0.2, -0.15) is 9.57 Å². The van der Waals surface area contributed by atoms with Crippen molar-refractivity contribution in [2.24, 2.45) is 0 Å². The summed E-state index contributed by atoms with van der Waals surface area (Å²) in [4.78, 5) is 0. The summed E-state index contributed by atoms with van der Waals surface area (Å²) >= 11 is 0. The molecule has 5 nitrogen and oxygen atoms in total. The monoisotopic (exact) mass is 265 g/mol. The van der Waals surface area contributed by atoms with E-state index in [1.54, 1.807) is 18.2 Å². The number of anilines is 1. The molecule has 1 aromatic carbocycles. The lowest BCUT2D eigenvalue weighted by atomic mass is 10.2. The van der Waals surface area contributed by atoms with Gasteiger partial charge in [-0.3, -0.25) is 0 Å². The molecule has 0 atom stereocenters. The number of rotatable bonds is 5. The highest BCUT2D eigenvalue weighted by molar-refractivity contribution is 7.89. The van der Waals surface area contributed by atoms with Gasteiger partial charge in [-0.15, -0.1) is 0 Å². The summed E-state index contributed by atoms with van der Waals surface area (Å²) in [6.45, 7) is 0.314. The lowest BCUT2D eigenvalue weighted by molar-refractivity contribution is 0.401. The van der Waals surface area contributed by atoms with Gasteiger partial charge in [0.05, 0.1) is 6.07 Å². The molecule has 0 aromatic heterocycles.